The van der Waals surface area contributed by atoms with Crippen LogP contribution in [0.25, 0.3) is 0 Å². The van der Waals surface area contributed by atoms with Crippen LogP contribution in [0, 0.1) is 0 Å². The first kappa shape index (κ1) is 15.4. The van der Waals surface area contributed by atoms with Crippen molar-refractivity contribution in [3.05, 3.63) is 30.3 Å². The number of hydrogen-bond donors (Lipinski definition) is 2. The fraction of sp³-hybridized carbons (Fsp3) is 0.562. The molecular weight excluding hydrogens is 268 g/mol. The molecule has 0 aromatic heterocycles. The highest BCUT2D eigenvalue weighted by atomic mass is 32.2. The molecule has 110 valence electrons. The first-order valence-corrected chi connectivity index (χ1v) is 8.62. The van der Waals surface area contributed by atoms with Gasteiger partial charge in [-0.25, -0.2) is 0 Å². The Labute approximate surface area is 125 Å². The molecule has 1 aliphatic rings. The molecule has 0 radical (unpaired) electrons. The van der Waals surface area contributed by atoms with Crippen LogP contribution in [0.3, 0.4) is 0 Å². The maximum absolute atomic E-state index is 12.1. The van der Waals surface area contributed by atoms with Gasteiger partial charge in [0.25, 0.3) is 0 Å². The highest BCUT2D eigenvalue weighted by Crippen LogP contribution is 2.27. The second kappa shape index (κ2) is 7.70. The Balaban J connectivity index is 1.77. The summed E-state index contributed by atoms with van der Waals surface area (Å²) in [4.78, 5) is 12.1. The fourth-order valence-corrected chi connectivity index (χ4v) is 3.41. The monoisotopic (exact) mass is 292 g/mol. The second-order valence-electron chi connectivity index (χ2n) is 5.45. The Morgan fingerprint density at radius 1 is 1.20 bits per heavy atom. The average molecular weight is 292 g/mol. The zero-order valence-electron chi connectivity index (χ0n) is 12.3. The van der Waals surface area contributed by atoms with Crippen LogP contribution in [0.2, 0.25) is 0 Å². The van der Waals surface area contributed by atoms with Gasteiger partial charge in [0, 0.05) is 17.0 Å². The summed E-state index contributed by atoms with van der Waals surface area (Å²) in [6.45, 7) is 1.94. The lowest BCUT2D eigenvalue weighted by Gasteiger charge is -2.30. The van der Waals surface area contributed by atoms with Gasteiger partial charge in [0.05, 0.1) is 6.04 Å². The number of nitrogens with one attached hydrogen (secondary N) is 2. The van der Waals surface area contributed by atoms with E-state index in [0.29, 0.717) is 6.04 Å². The molecule has 3 nitrogen and oxygen atoms in total. The van der Waals surface area contributed by atoms with Crippen molar-refractivity contribution in [1.82, 2.24) is 5.32 Å². The predicted octanol–water partition coefficient (Wildman–Crippen LogP) is 3.28. The van der Waals surface area contributed by atoms with E-state index in [4.69, 9.17) is 0 Å². The van der Waals surface area contributed by atoms with E-state index in [1.54, 1.807) is 0 Å². The summed E-state index contributed by atoms with van der Waals surface area (Å²) < 4.78 is 0. The molecule has 1 fully saturated rings. The van der Waals surface area contributed by atoms with Crippen LogP contribution in [0.5, 0.6) is 0 Å². The van der Waals surface area contributed by atoms with Crippen LogP contribution in [-0.2, 0) is 4.79 Å². The molecule has 0 aliphatic heterocycles. The van der Waals surface area contributed by atoms with Crippen molar-refractivity contribution < 1.29 is 4.79 Å². The Hall–Kier alpha value is -1.00. The number of para-hydroxylation sites is 1. The highest BCUT2D eigenvalue weighted by molar-refractivity contribution is 7.99. The Kier molecular flexibility index (Phi) is 5.92. The van der Waals surface area contributed by atoms with Crippen molar-refractivity contribution in [1.29, 1.82) is 0 Å². The largest absolute Gasteiger partial charge is 0.325 e. The molecular formula is C16H24N2OS. The minimum Gasteiger partial charge on any atom is -0.325 e. The highest BCUT2D eigenvalue weighted by Gasteiger charge is 2.23. The van der Waals surface area contributed by atoms with Crippen molar-refractivity contribution in [3.63, 3.8) is 0 Å². The molecule has 0 saturated heterocycles. The SMILES string of the molecule is CSC1CCC(NC(C)C(=O)Nc2ccccc2)CC1. The van der Waals surface area contributed by atoms with Crippen molar-refractivity contribution in [3.8, 4) is 0 Å². The quantitative estimate of drug-likeness (QED) is 0.875. The summed E-state index contributed by atoms with van der Waals surface area (Å²) in [5.41, 5.74) is 0.859. The summed E-state index contributed by atoms with van der Waals surface area (Å²) in [6.07, 6.45) is 7.05. The van der Waals surface area contributed by atoms with Gasteiger partial charge in [-0.2, -0.15) is 11.8 Å². The molecule has 20 heavy (non-hydrogen) atoms. The van der Waals surface area contributed by atoms with E-state index in [9.17, 15) is 4.79 Å². The van der Waals surface area contributed by atoms with Crippen LogP contribution < -0.4 is 10.6 Å². The summed E-state index contributed by atoms with van der Waals surface area (Å²) in [6, 6.07) is 9.96. The van der Waals surface area contributed by atoms with Crippen LogP contribution in [0.1, 0.15) is 32.6 Å². The number of anilines is 1. The normalized spacial score (nSPS) is 24.1. The topological polar surface area (TPSA) is 41.1 Å². The van der Waals surface area contributed by atoms with Crippen molar-refractivity contribution >= 4 is 23.4 Å². The number of thioether (sulfide) groups is 1. The van der Waals surface area contributed by atoms with Crippen molar-refractivity contribution in [2.24, 2.45) is 0 Å². The molecule has 1 aromatic rings. The van der Waals surface area contributed by atoms with Crippen LogP contribution in [0.4, 0.5) is 5.69 Å². The van der Waals surface area contributed by atoms with Gasteiger partial charge in [0.2, 0.25) is 5.91 Å². The molecule has 1 aliphatic carbocycles. The van der Waals surface area contributed by atoms with E-state index in [2.05, 4.69) is 16.9 Å². The van der Waals surface area contributed by atoms with Gasteiger partial charge in [0.15, 0.2) is 0 Å². The smallest absolute Gasteiger partial charge is 0.241 e. The van der Waals surface area contributed by atoms with E-state index in [1.807, 2.05) is 49.0 Å². The number of amides is 1. The van der Waals surface area contributed by atoms with Gasteiger partial charge in [-0.05, 0) is 51.0 Å². The number of hydrogen-bond acceptors (Lipinski definition) is 3. The molecule has 1 aromatic carbocycles. The molecule has 1 saturated carbocycles. The lowest BCUT2D eigenvalue weighted by Crippen LogP contribution is -2.45. The minimum atomic E-state index is -0.147. The molecule has 1 unspecified atom stereocenters. The number of carbonyl (C=O) groups is 1. The molecule has 0 heterocycles. The van der Waals surface area contributed by atoms with E-state index in [1.165, 1.54) is 25.7 Å². The van der Waals surface area contributed by atoms with Crippen molar-refractivity contribution in [2.45, 2.75) is 49.9 Å². The molecule has 2 N–H and O–H groups in total. The van der Waals surface area contributed by atoms with Gasteiger partial charge in [-0.1, -0.05) is 18.2 Å². The fourth-order valence-electron chi connectivity index (χ4n) is 2.67. The first-order chi connectivity index (χ1) is 9.69. The van der Waals surface area contributed by atoms with Gasteiger partial charge >= 0.3 is 0 Å². The van der Waals surface area contributed by atoms with E-state index in [-0.39, 0.29) is 11.9 Å². The Bertz CT molecular complexity index is 416. The lowest BCUT2D eigenvalue weighted by atomic mass is 9.94. The van der Waals surface area contributed by atoms with Gasteiger partial charge in [-0.15, -0.1) is 0 Å². The molecule has 2 rings (SSSR count). The summed E-state index contributed by atoms with van der Waals surface area (Å²) >= 11 is 1.97. The number of rotatable bonds is 5. The molecule has 0 bridgehead atoms. The third-order valence-corrected chi connectivity index (χ3v) is 5.07. The maximum Gasteiger partial charge on any atom is 0.241 e. The first-order valence-electron chi connectivity index (χ1n) is 7.34. The Morgan fingerprint density at radius 3 is 2.45 bits per heavy atom. The zero-order chi connectivity index (χ0) is 14.4. The van der Waals surface area contributed by atoms with Crippen molar-refractivity contribution in [2.75, 3.05) is 11.6 Å². The van der Waals surface area contributed by atoms with Crippen LogP contribution in [0.15, 0.2) is 30.3 Å². The summed E-state index contributed by atoms with van der Waals surface area (Å²) in [5, 5.41) is 7.21. The maximum atomic E-state index is 12.1. The molecule has 0 spiro atoms. The molecule has 4 heteroatoms. The molecule has 1 atom stereocenters. The van der Waals surface area contributed by atoms with Gasteiger partial charge < -0.3 is 10.6 Å². The van der Waals surface area contributed by atoms with Crippen LogP contribution >= 0.6 is 11.8 Å². The predicted molar refractivity (Wildman–Crippen MR) is 87.2 cm³/mol. The average Bonchev–Trinajstić information content (AvgIpc) is 2.49. The van der Waals surface area contributed by atoms with Gasteiger partial charge in [0.1, 0.15) is 0 Å². The standard InChI is InChI=1S/C16H24N2OS/c1-12(16(19)18-13-6-4-3-5-7-13)17-14-8-10-15(20-2)11-9-14/h3-7,12,14-15,17H,8-11H2,1-2H3,(H,18,19). The second-order valence-corrected chi connectivity index (χ2v) is 6.59. The summed E-state index contributed by atoms with van der Waals surface area (Å²) in [5.74, 6) is 0.0446. The summed E-state index contributed by atoms with van der Waals surface area (Å²) in [7, 11) is 0. The Morgan fingerprint density at radius 2 is 1.85 bits per heavy atom. The third kappa shape index (κ3) is 4.53. The lowest BCUT2D eigenvalue weighted by molar-refractivity contribution is -0.118. The van der Waals surface area contributed by atoms with E-state index < -0.39 is 0 Å². The van der Waals surface area contributed by atoms with Crippen LogP contribution in [-0.4, -0.2) is 29.5 Å². The van der Waals surface area contributed by atoms with E-state index >= 15 is 0 Å². The van der Waals surface area contributed by atoms with E-state index in [0.717, 1.165) is 10.9 Å². The van der Waals surface area contributed by atoms with Gasteiger partial charge in [-0.3, -0.25) is 4.79 Å². The number of benzene rings is 1. The zero-order valence-corrected chi connectivity index (χ0v) is 13.1. The molecule has 1 amide bonds. The number of carbonyl (C=O) groups excluding carboxylic acids is 1. The minimum absolute atomic E-state index is 0.0446. The third-order valence-electron chi connectivity index (χ3n) is 3.93.